The van der Waals surface area contributed by atoms with Crippen LogP contribution in [0.3, 0.4) is 0 Å². The quantitative estimate of drug-likeness (QED) is 0.262. The van der Waals surface area contributed by atoms with Crippen molar-refractivity contribution in [2.45, 2.75) is 58.7 Å². The third-order valence-electron chi connectivity index (χ3n) is 7.79. The fourth-order valence-electron chi connectivity index (χ4n) is 5.45. The van der Waals surface area contributed by atoms with E-state index in [9.17, 15) is 14.4 Å². The lowest BCUT2D eigenvalue weighted by Gasteiger charge is -2.26. The van der Waals surface area contributed by atoms with Gasteiger partial charge < -0.3 is 38.4 Å². The van der Waals surface area contributed by atoms with Gasteiger partial charge in [-0.25, -0.2) is 4.79 Å². The summed E-state index contributed by atoms with van der Waals surface area (Å²) in [7, 11) is 6.05. The zero-order valence-electron chi connectivity index (χ0n) is 28.5. The molecule has 1 aliphatic heterocycles. The summed E-state index contributed by atoms with van der Waals surface area (Å²) in [4.78, 5) is 44.4. The molecule has 14 heteroatoms. The number of amides is 4. The predicted octanol–water partition coefficient (Wildman–Crippen LogP) is 5.43. The lowest BCUT2D eigenvalue weighted by atomic mass is 9.96. The average Bonchev–Trinajstić information content (AvgIpc) is 3.46. The van der Waals surface area contributed by atoms with Crippen LogP contribution >= 0.6 is 11.6 Å². The number of methoxy groups -OCH3 is 4. The molecule has 0 aliphatic carbocycles. The monoisotopic (exact) mass is 686 g/mol. The first-order chi connectivity index (χ1) is 22.8. The standard InChI is InChI=1S/C34H43ClN4O9/c1-9-25(29-16-30(37-48-29)47-34(2,3)4)36-33(42)39-19-31(40)38(18-24-27(45-7)14-23(43-5)15-28(24)46-8)17-21(32(39)41)12-20-13-22(35)10-11-26(20)44-6/h10-11,13-16,21,25H,9,12,17-19H2,1-8H3,(H,36,42)/t21-,25-/m1/s1. The van der Waals surface area contributed by atoms with Crippen LogP contribution in [0.25, 0.3) is 0 Å². The summed E-state index contributed by atoms with van der Waals surface area (Å²) in [5.74, 6) is 0.676. The smallest absolute Gasteiger partial charge is 0.325 e. The minimum atomic E-state index is -0.845. The lowest BCUT2D eigenvalue weighted by Crippen LogP contribution is -2.48. The van der Waals surface area contributed by atoms with E-state index < -0.39 is 42.0 Å². The Bertz CT molecular complexity index is 1600. The predicted molar refractivity (Wildman–Crippen MR) is 177 cm³/mol. The number of hydrogen-bond acceptors (Lipinski definition) is 10. The van der Waals surface area contributed by atoms with Crippen LogP contribution in [-0.2, 0) is 22.6 Å². The van der Waals surface area contributed by atoms with Crippen molar-refractivity contribution in [1.82, 2.24) is 20.3 Å². The Balaban J connectivity index is 1.68. The minimum Gasteiger partial charge on any atom is -0.496 e. The summed E-state index contributed by atoms with van der Waals surface area (Å²) >= 11 is 6.32. The molecule has 0 radical (unpaired) electrons. The van der Waals surface area contributed by atoms with Gasteiger partial charge in [-0.05, 0) is 62.5 Å². The van der Waals surface area contributed by atoms with E-state index in [1.54, 1.807) is 36.4 Å². The average molecular weight is 687 g/mol. The number of hydrogen-bond donors (Lipinski definition) is 1. The molecule has 0 spiro atoms. The number of halogens is 1. The summed E-state index contributed by atoms with van der Waals surface area (Å²) in [5, 5.41) is 7.26. The highest BCUT2D eigenvalue weighted by Crippen LogP contribution is 2.36. The first-order valence-electron chi connectivity index (χ1n) is 15.5. The second-order valence-electron chi connectivity index (χ2n) is 12.3. The van der Waals surface area contributed by atoms with Gasteiger partial charge >= 0.3 is 6.03 Å². The third-order valence-corrected chi connectivity index (χ3v) is 8.02. The van der Waals surface area contributed by atoms with E-state index in [-0.39, 0.29) is 25.4 Å². The van der Waals surface area contributed by atoms with Gasteiger partial charge in [0, 0.05) is 29.8 Å². The Kier molecular flexibility index (Phi) is 11.7. The number of nitrogens with zero attached hydrogens (tertiary/aromatic N) is 3. The highest BCUT2D eigenvalue weighted by atomic mass is 35.5. The molecule has 0 unspecified atom stereocenters. The second-order valence-corrected chi connectivity index (χ2v) is 12.7. The molecule has 260 valence electrons. The molecule has 1 aromatic heterocycles. The molecule has 1 saturated heterocycles. The molecule has 0 saturated carbocycles. The summed E-state index contributed by atoms with van der Waals surface area (Å²) < 4.78 is 33.4. The summed E-state index contributed by atoms with van der Waals surface area (Å²) in [6.07, 6.45) is 0.554. The molecule has 13 nitrogen and oxygen atoms in total. The van der Waals surface area contributed by atoms with Crippen LogP contribution in [0.4, 0.5) is 4.79 Å². The zero-order valence-corrected chi connectivity index (χ0v) is 29.3. The molecular formula is C34H43ClN4O9. The van der Waals surface area contributed by atoms with E-state index in [1.807, 2.05) is 27.7 Å². The molecule has 1 aliphatic rings. The Labute approximate surface area is 285 Å². The van der Waals surface area contributed by atoms with Gasteiger partial charge in [0.1, 0.15) is 35.1 Å². The van der Waals surface area contributed by atoms with Gasteiger partial charge in [-0.15, -0.1) is 0 Å². The van der Waals surface area contributed by atoms with Crippen LogP contribution in [0.15, 0.2) is 40.9 Å². The van der Waals surface area contributed by atoms with Crippen LogP contribution in [0.5, 0.6) is 28.9 Å². The number of urea groups is 1. The van der Waals surface area contributed by atoms with E-state index in [0.717, 1.165) is 4.90 Å². The van der Waals surface area contributed by atoms with Crippen molar-refractivity contribution in [3.63, 3.8) is 0 Å². The number of nitrogens with one attached hydrogen (secondary N) is 1. The van der Waals surface area contributed by atoms with E-state index >= 15 is 0 Å². The molecular weight excluding hydrogens is 644 g/mol. The molecule has 3 aromatic rings. The largest absolute Gasteiger partial charge is 0.496 e. The Hall–Kier alpha value is -4.65. The lowest BCUT2D eigenvalue weighted by molar-refractivity contribution is -0.135. The number of carbonyl (C=O) groups excluding carboxylic acids is 3. The summed E-state index contributed by atoms with van der Waals surface area (Å²) in [5.41, 5.74) is 0.713. The Morgan fingerprint density at radius 3 is 2.27 bits per heavy atom. The van der Waals surface area contributed by atoms with Gasteiger partial charge in [0.25, 0.3) is 5.88 Å². The zero-order chi connectivity index (χ0) is 35.2. The Morgan fingerprint density at radius 1 is 1.02 bits per heavy atom. The first-order valence-corrected chi connectivity index (χ1v) is 15.8. The van der Waals surface area contributed by atoms with Gasteiger partial charge in [0.15, 0.2) is 5.76 Å². The maximum absolute atomic E-state index is 14.2. The third kappa shape index (κ3) is 8.62. The van der Waals surface area contributed by atoms with Crippen molar-refractivity contribution in [3.05, 3.63) is 58.3 Å². The van der Waals surface area contributed by atoms with Crippen molar-refractivity contribution in [3.8, 4) is 28.9 Å². The summed E-state index contributed by atoms with van der Waals surface area (Å²) in [6, 6.07) is 8.67. The number of ether oxygens (including phenoxy) is 5. The molecule has 48 heavy (non-hydrogen) atoms. The Morgan fingerprint density at radius 2 is 1.69 bits per heavy atom. The van der Waals surface area contributed by atoms with Gasteiger partial charge in [-0.1, -0.05) is 18.5 Å². The van der Waals surface area contributed by atoms with Crippen molar-refractivity contribution in [1.29, 1.82) is 0 Å². The van der Waals surface area contributed by atoms with E-state index in [2.05, 4.69) is 10.5 Å². The molecule has 4 rings (SSSR count). The number of carbonyl (C=O) groups is 3. The molecule has 2 atom stereocenters. The maximum atomic E-state index is 14.2. The van der Waals surface area contributed by atoms with E-state index in [4.69, 9.17) is 39.8 Å². The fourth-order valence-corrected chi connectivity index (χ4v) is 5.65. The van der Waals surface area contributed by atoms with Gasteiger partial charge in [-0.3, -0.25) is 14.5 Å². The van der Waals surface area contributed by atoms with Crippen LogP contribution in [0.1, 0.15) is 57.0 Å². The highest BCUT2D eigenvalue weighted by Gasteiger charge is 2.39. The number of aromatic nitrogens is 1. The molecule has 1 fully saturated rings. The van der Waals surface area contributed by atoms with Crippen molar-refractivity contribution >= 4 is 29.4 Å². The highest BCUT2D eigenvalue weighted by molar-refractivity contribution is 6.30. The van der Waals surface area contributed by atoms with Gasteiger partial charge in [-0.2, -0.15) is 0 Å². The first kappa shape index (κ1) is 36.2. The van der Waals surface area contributed by atoms with Crippen LogP contribution in [0, 0.1) is 5.92 Å². The number of rotatable bonds is 12. The number of benzene rings is 2. The fraction of sp³-hybridized carbons (Fsp3) is 0.471. The van der Waals surface area contributed by atoms with Crippen molar-refractivity contribution < 1.29 is 42.6 Å². The van der Waals surface area contributed by atoms with Crippen molar-refractivity contribution in [2.75, 3.05) is 41.5 Å². The molecule has 2 aromatic carbocycles. The normalized spacial score (nSPS) is 15.9. The molecule has 0 bridgehead atoms. The molecule has 2 heterocycles. The second kappa shape index (κ2) is 15.5. The molecule has 1 N–H and O–H groups in total. The van der Waals surface area contributed by atoms with Gasteiger partial charge in [0.2, 0.25) is 11.8 Å². The van der Waals surface area contributed by atoms with E-state index in [0.29, 0.717) is 51.3 Å². The van der Waals surface area contributed by atoms with E-state index in [1.165, 1.54) is 33.3 Å². The SMILES string of the molecule is CC[C@@H](NC(=O)N1CC(=O)N(Cc2c(OC)cc(OC)cc2OC)C[C@@H](Cc2cc(Cl)ccc2OC)C1=O)c1cc(OC(C)(C)C)no1. The molecule has 4 amide bonds. The van der Waals surface area contributed by atoms with Crippen LogP contribution < -0.4 is 29.0 Å². The van der Waals surface area contributed by atoms with Crippen LogP contribution in [-0.4, -0.2) is 79.9 Å². The van der Waals surface area contributed by atoms with Gasteiger partial charge in [0.05, 0.1) is 52.5 Å². The van der Waals surface area contributed by atoms with Crippen molar-refractivity contribution in [2.24, 2.45) is 5.92 Å². The topological polar surface area (TPSA) is 142 Å². The summed E-state index contributed by atoms with van der Waals surface area (Å²) in [6.45, 7) is 7.00. The number of imide groups is 1. The van der Waals surface area contributed by atoms with Crippen LogP contribution in [0.2, 0.25) is 5.02 Å². The minimum absolute atomic E-state index is 0.0116. The maximum Gasteiger partial charge on any atom is 0.325 e.